The normalized spacial score (nSPS) is 24.7. The van der Waals surface area contributed by atoms with E-state index in [9.17, 15) is 4.39 Å². The van der Waals surface area contributed by atoms with E-state index in [4.69, 9.17) is 4.74 Å². The molecule has 2 rings (SSSR count). The lowest BCUT2D eigenvalue weighted by Crippen LogP contribution is -2.20. The van der Waals surface area contributed by atoms with Crippen molar-refractivity contribution in [2.24, 2.45) is 0 Å². The fraction of sp³-hybridized carbons (Fsp3) is 0.538. The molecule has 1 saturated heterocycles. The fourth-order valence-corrected chi connectivity index (χ4v) is 2.03. The molecule has 0 amide bonds. The number of hydrogen-bond donors (Lipinski definition) is 1. The van der Waals surface area contributed by atoms with Crippen LogP contribution in [0, 0.1) is 12.7 Å². The number of benzene rings is 1. The monoisotopic (exact) mass is 223 g/mol. The quantitative estimate of drug-likeness (QED) is 0.850. The molecular formula is C13H18FNO. The molecule has 0 spiro atoms. The van der Waals surface area contributed by atoms with Crippen molar-refractivity contribution in [3.63, 3.8) is 0 Å². The van der Waals surface area contributed by atoms with E-state index in [0.717, 1.165) is 18.4 Å². The second-order valence-electron chi connectivity index (χ2n) is 4.51. The van der Waals surface area contributed by atoms with Gasteiger partial charge in [-0.1, -0.05) is 6.07 Å². The molecule has 1 heterocycles. The maximum absolute atomic E-state index is 13.4. The van der Waals surface area contributed by atoms with Gasteiger partial charge in [-0.2, -0.15) is 0 Å². The summed E-state index contributed by atoms with van der Waals surface area (Å²) < 4.78 is 19.1. The van der Waals surface area contributed by atoms with Gasteiger partial charge in [0, 0.05) is 6.54 Å². The van der Waals surface area contributed by atoms with Crippen LogP contribution in [0.3, 0.4) is 0 Å². The molecule has 16 heavy (non-hydrogen) atoms. The highest BCUT2D eigenvalue weighted by Gasteiger charge is 2.21. The minimum absolute atomic E-state index is 0.198. The topological polar surface area (TPSA) is 21.3 Å². The maximum Gasteiger partial charge on any atom is 0.146 e. The summed E-state index contributed by atoms with van der Waals surface area (Å²) in [5.74, 6) is -0.198. The minimum atomic E-state index is -0.198. The van der Waals surface area contributed by atoms with Gasteiger partial charge >= 0.3 is 0 Å². The third-order valence-electron chi connectivity index (χ3n) is 2.96. The van der Waals surface area contributed by atoms with Crippen LogP contribution in [0.25, 0.3) is 0 Å². The van der Waals surface area contributed by atoms with Gasteiger partial charge in [-0.25, -0.2) is 4.39 Å². The van der Waals surface area contributed by atoms with E-state index < -0.39 is 0 Å². The van der Waals surface area contributed by atoms with E-state index >= 15 is 0 Å². The van der Waals surface area contributed by atoms with E-state index in [1.54, 1.807) is 6.07 Å². The van der Waals surface area contributed by atoms with Gasteiger partial charge in [0.2, 0.25) is 0 Å². The van der Waals surface area contributed by atoms with Gasteiger partial charge in [0.25, 0.3) is 0 Å². The van der Waals surface area contributed by atoms with Crippen LogP contribution < -0.4 is 5.32 Å². The Labute approximate surface area is 95.8 Å². The first-order valence-electron chi connectivity index (χ1n) is 5.80. The second-order valence-corrected chi connectivity index (χ2v) is 4.51. The fourth-order valence-electron chi connectivity index (χ4n) is 2.03. The van der Waals surface area contributed by atoms with Crippen molar-refractivity contribution in [2.45, 2.75) is 38.9 Å². The molecule has 0 radical (unpaired) electrons. The average molecular weight is 223 g/mol. The Bertz CT molecular complexity index is 367. The van der Waals surface area contributed by atoms with Crippen LogP contribution in [-0.2, 0) is 4.74 Å². The Morgan fingerprint density at radius 1 is 1.44 bits per heavy atom. The molecule has 3 heteroatoms. The average Bonchev–Trinajstić information content (AvgIpc) is 2.66. The predicted octanol–water partition coefficient (Wildman–Crippen LogP) is 3.11. The summed E-state index contributed by atoms with van der Waals surface area (Å²) in [7, 11) is 0. The molecule has 1 aliphatic heterocycles. The molecule has 0 aromatic heterocycles. The second kappa shape index (κ2) is 4.83. The summed E-state index contributed by atoms with van der Waals surface area (Å²) in [6.45, 7) is 4.72. The minimum Gasteiger partial charge on any atom is -0.380 e. The third kappa shape index (κ3) is 2.73. The van der Waals surface area contributed by atoms with E-state index in [1.807, 2.05) is 13.0 Å². The number of aryl methyl sites for hydroxylation is 1. The Kier molecular flexibility index (Phi) is 3.44. The Balaban J connectivity index is 1.91. The molecule has 2 unspecified atom stereocenters. The lowest BCUT2D eigenvalue weighted by molar-refractivity contribution is 0.0636. The van der Waals surface area contributed by atoms with E-state index in [-0.39, 0.29) is 11.9 Å². The van der Waals surface area contributed by atoms with Crippen molar-refractivity contribution in [3.05, 3.63) is 29.6 Å². The molecule has 0 saturated carbocycles. The highest BCUT2D eigenvalue weighted by Crippen LogP contribution is 2.21. The zero-order chi connectivity index (χ0) is 11.5. The first kappa shape index (κ1) is 11.4. The Hall–Kier alpha value is -1.09. The molecule has 0 bridgehead atoms. The van der Waals surface area contributed by atoms with E-state index in [2.05, 4.69) is 12.2 Å². The van der Waals surface area contributed by atoms with Gasteiger partial charge in [-0.15, -0.1) is 0 Å². The number of nitrogens with one attached hydrogen (secondary N) is 1. The van der Waals surface area contributed by atoms with Crippen LogP contribution >= 0.6 is 0 Å². The number of rotatable bonds is 3. The summed E-state index contributed by atoms with van der Waals surface area (Å²) in [5.41, 5.74) is 1.63. The zero-order valence-corrected chi connectivity index (χ0v) is 9.79. The van der Waals surface area contributed by atoms with Crippen LogP contribution in [0.1, 0.15) is 25.3 Å². The molecule has 2 nitrogen and oxygen atoms in total. The van der Waals surface area contributed by atoms with E-state index in [0.29, 0.717) is 18.3 Å². The molecule has 2 atom stereocenters. The van der Waals surface area contributed by atoms with Gasteiger partial charge in [-0.05, 0) is 44.4 Å². The van der Waals surface area contributed by atoms with Crippen molar-refractivity contribution in [3.8, 4) is 0 Å². The number of ether oxygens (including phenoxy) is 1. The van der Waals surface area contributed by atoms with Crippen LogP contribution in [0.2, 0.25) is 0 Å². The smallest absolute Gasteiger partial charge is 0.146 e. The van der Waals surface area contributed by atoms with Crippen LogP contribution in [0.5, 0.6) is 0 Å². The molecule has 1 fully saturated rings. The number of halogens is 1. The SMILES string of the molecule is Cc1ccc(F)c(NCC2CCC(C)O2)c1. The largest absolute Gasteiger partial charge is 0.380 e. The van der Waals surface area contributed by atoms with E-state index in [1.165, 1.54) is 6.07 Å². The molecular weight excluding hydrogens is 205 g/mol. The van der Waals surface area contributed by atoms with Crippen molar-refractivity contribution < 1.29 is 9.13 Å². The molecule has 1 aliphatic rings. The van der Waals surface area contributed by atoms with Gasteiger partial charge in [0.05, 0.1) is 17.9 Å². The third-order valence-corrected chi connectivity index (χ3v) is 2.96. The lowest BCUT2D eigenvalue weighted by Gasteiger charge is -2.14. The zero-order valence-electron chi connectivity index (χ0n) is 9.79. The summed E-state index contributed by atoms with van der Waals surface area (Å²) >= 11 is 0. The highest BCUT2D eigenvalue weighted by molar-refractivity contribution is 5.47. The van der Waals surface area contributed by atoms with Crippen molar-refractivity contribution in [1.29, 1.82) is 0 Å². The van der Waals surface area contributed by atoms with Gasteiger partial charge < -0.3 is 10.1 Å². The summed E-state index contributed by atoms with van der Waals surface area (Å²) in [5, 5.41) is 3.12. The summed E-state index contributed by atoms with van der Waals surface area (Å²) in [6.07, 6.45) is 2.72. The summed E-state index contributed by atoms with van der Waals surface area (Å²) in [6, 6.07) is 5.10. The van der Waals surface area contributed by atoms with Gasteiger partial charge in [-0.3, -0.25) is 0 Å². The van der Waals surface area contributed by atoms with Crippen molar-refractivity contribution in [2.75, 3.05) is 11.9 Å². The maximum atomic E-state index is 13.4. The Morgan fingerprint density at radius 2 is 2.25 bits per heavy atom. The van der Waals surface area contributed by atoms with Gasteiger partial charge in [0.15, 0.2) is 0 Å². The standard InChI is InChI=1S/C13H18FNO/c1-9-3-6-12(14)13(7-9)15-8-11-5-4-10(2)16-11/h3,6-7,10-11,15H,4-5,8H2,1-2H3. The number of anilines is 1. The molecule has 0 aliphatic carbocycles. The number of hydrogen-bond acceptors (Lipinski definition) is 2. The van der Waals surface area contributed by atoms with Crippen molar-refractivity contribution >= 4 is 5.69 Å². The van der Waals surface area contributed by atoms with Crippen LogP contribution in [-0.4, -0.2) is 18.8 Å². The van der Waals surface area contributed by atoms with Gasteiger partial charge in [0.1, 0.15) is 5.82 Å². The summed E-state index contributed by atoms with van der Waals surface area (Å²) in [4.78, 5) is 0. The molecule has 1 aromatic rings. The Morgan fingerprint density at radius 3 is 2.94 bits per heavy atom. The first-order chi connectivity index (χ1) is 7.65. The molecule has 88 valence electrons. The first-order valence-corrected chi connectivity index (χ1v) is 5.80. The predicted molar refractivity (Wildman–Crippen MR) is 63.2 cm³/mol. The van der Waals surface area contributed by atoms with Crippen LogP contribution in [0.15, 0.2) is 18.2 Å². The highest BCUT2D eigenvalue weighted by atomic mass is 19.1. The molecule has 1 aromatic carbocycles. The lowest BCUT2D eigenvalue weighted by atomic mass is 10.2. The van der Waals surface area contributed by atoms with Crippen LogP contribution in [0.4, 0.5) is 10.1 Å². The van der Waals surface area contributed by atoms with Crippen molar-refractivity contribution in [1.82, 2.24) is 0 Å². The molecule has 1 N–H and O–H groups in total.